The predicted octanol–water partition coefficient (Wildman–Crippen LogP) is 2.96. The molecule has 19 heavy (non-hydrogen) atoms. The Hall–Kier alpha value is -2.94. The van der Waals surface area contributed by atoms with E-state index in [-0.39, 0.29) is 11.6 Å². The number of nitriles is 1. The molecule has 1 aromatic carbocycles. The van der Waals surface area contributed by atoms with Gasteiger partial charge in [0.15, 0.2) is 0 Å². The van der Waals surface area contributed by atoms with Crippen LogP contribution in [0.3, 0.4) is 0 Å². The van der Waals surface area contributed by atoms with Crippen LogP contribution in [-0.4, -0.2) is 9.91 Å². The van der Waals surface area contributed by atoms with Crippen molar-refractivity contribution in [2.45, 2.75) is 6.92 Å². The zero-order chi connectivity index (χ0) is 13.8. The van der Waals surface area contributed by atoms with Crippen molar-refractivity contribution < 1.29 is 9.66 Å². The largest absolute Gasteiger partial charge is 0.439 e. The van der Waals surface area contributed by atoms with Gasteiger partial charge in [0, 0.05) is 23.9 Å². The Bertz CT molecular complexity index is 677. The third kappa shape index (κ3) is 2.84. The monoisotopic (exact) mass is 255 g/mol. The quantitative estimate of drug-likeness (QED) is 0.621. The van der Waals surface area contributed by atoms with E-state index in [2.05, 4.69) is 4.98 Å². The fraction of sp³-hybridized carbons (Fsp3) is 0.0769. The van der Waals surface area contributed by atoms with Crippen molar-refractivity contribution in [1.82, 2.24) is 4.98 Å². The number of hydrogen-bond acceptors (Lipinski definition) is 5. The molecule has 0 bridgehead atoms. The molecule has 0 amide bonds. The summed E-state index contributed by atoms with van der Waals surface area (Å²) in [6, 6.07) is 9.46. The Kier molecular flexibility index (Phi) is 3.39. The zero-order valence-corrected chi connectivity index (χ0v) is 10.0. The summed E-state index contributed by atoms with van der Waals surface area (Å²) in [4.78, 5) is 14.2. The second-order valence-electron chi connectivity index (χ2n) is 3.80. The molecule has 2 aromatic rings. The summed E-state index contributed by atoms with van der Waals surface area (Å²) in [7, 11) is 0. The Morgan fingerprint density at radius 3 is 2.79 bits per heavy atom. The first-order valence-electron chi connectivity index (χ1n) is 5.39. The molecule has 0 aliphatic rings. The summed E-state index contributed by atoms with van der Waals surface area (Å²) in [5.74, 6) is 0.706. The Morgan fingerprint density at radius 2 is 2.16 bits per heavy atom. The molecule has 94 valence electrons. The van der Waals surface area contributed by atoms with Gasteiger partial charge >= 0.3 is 0 Å². The van der Waals surface area contributed by atoms with Crippen LogP contribution in [0.1, 0.15) is 11.1 Å². The number of ether oxygens (including phenoxy) is 1. The minimum atomic E-state index is -0.451. The first-order chi connectivity index (χ1) is 9.10. The van der Waals surface area contributed by atoms with Crippen molar-refractivity contribution in [2.24, 2.45) is 0 Å². The van der Waals surface area contributed by atoms with Crippen LogP contribution >= 0.6 is 0 Å². The molecule has 0 aliphatic carbocycles. The van der Waals surface area contributed by atoms with Crippen molar-refractivity contribution in [1.29, 1.82) is 5.26 Å². The number of nitrogens with zero attached hydrogens (tertiary/aromatic N) is 3. The van der Waals surface area contributed by atoms with Gasteiger partial charge in [-0.15, -0.1) is 0 Å². The molecule has 6 nitrogen and oxygen atoms in total. The fourth-order valence-corrected chi connectivity index (χ4v) is 1.55. The summed E-state index contributed by atoms with van der Waals surface area (Å²) in [6.07, 6.45) is 1.46. The van der Waals surface area contributed by atoms with Gasteiger partial charge in [0.25, 0.3) is 5.69 Å². The van der Waals surface area contributed by atoms with E-state index in [1.165, 1.54) is 24.4 Å². The average molecular weight is 255 g/mol. The third-order valence-electron chi connectivity index (χ3n) is 2.45. The van der Waals surface area contributed by atoms with Crippen LogP contribution in [-0.2, 0) is 0 Å². The van der Waals surface area contributed by atoms with Crippen molar-refractivity contribution in [3.8, 4) is 17.7 Å². The zero-order valence-electron chi connectivity index (χ0n) is 10.0. The van der Waals surface area contributed by atoms with Crippen LogP contribution in [0.15, 0.2) is 36.5 Å². The van der Waals surface area contributed by atoms with Crippen LogP contribution in [0.4, 0.5) is 5.69 Å². The SMILES string of the molecule is Cc1cc(Oc2cc(C#N)ccn2)ccc1[N+](=O)[O-]. The molecule has 0 atom stereocenters. The highest BCUT2D eigenvalue weighted by Gasteiger charge is 2.11. The average Bonchev–Trinajstić information content (AvgIpc) is 2.38. The maximum Gasteiger partial charge on any atom is 0.272 e. The number of nitro benzene ring substituents is 1. The third-order valence-corrected chi connectivity index (χ3v) is 2.45. The summed E-state index contributed by atoms with van der Waals surface area (Å²) in [5.41, 5.74) is 0.966. The van der Waals surface area contributed by atoms with Crippen LogP contribution < -0.4 is 4.74 Å². The van der Waals surface area contributed by atoms with Crippen LogP contribution in [0.2, 0.25) is 0 Å². The molecular formula is C13H9N3O3. The Labute approximate surface area is 109 Å². The van der Waals surface area contributed by atoms with Gasteiger partial charge in [0.2, 0.25) is 5.88 Å². The molecule has 0 saturated heterocycles. The predicted molar refractivity (Wildman–Crippen MR) is 66.9 cm³/mol. The van der Waals surface area contributed by atoms with Gasteiger partial charge in [-0.1, -0.05) is 0 Å². The number of nitro groups is 1. The van der Waals surface area contributed by atoms with E-state index >= 15 is 0 Å². The van der Waals surface area contributed by atoms with Crippen molar-refractivity contribution in [2.75, 3.05) is 0 Å². The topological polar surface area (TPSA) is 89.0 Å². The van der Waals surface area contributed by atoms with Crippen LogP contribution in [0.5, 0.6) is 11.6 Å². The summed E-state index contributed by atoms with van der Waals surface area (Å²) >= 11 is 0. The molecule has 0 saturated carbocycles. The highest BCUT2D eigenvalue weighted by atomic mass is 16.6. The lowest BCUT2D eigenvalue weighted by atomic mass is 10.2. The number of aromatic nitrogens is 1. The summed E-state index contributed by atoms with van der Waals surface area (Å²) in [5, 5.41) is 19.5. The van der Waals surface area contributed by atoms with E-state index in [1.54, 1.807) is 19.1 Å². The van der Waals surface area contributed by atoms with Gasteiger partial charge in [-0.2, -0.15) is 5.26 Å². The Morgan fingerprint density at radius 1 is 1.37 bits per heavy atom. The lowest BCUT2D eigenvalue weighted by molar-refractivity contribution is -0.385. The van der Waals surface area contributed by atoms with E-state index in [0.29, 0.717) is 16.9 Å². The van der Waals surface area contributed by atoms with Gasteiger partial charge < -0.3 is 4.74 Å². The Balaban J connectivity index is 2.26. The number of rotatable bonds is 3. The van der Waals surface area contributed by atoms with Crippen molar-refractivity contribution >= 4 is 5.69 Å². The number of aryl methyl sites for hydroxylation is 1. The molecule has 0 aliphatic heterocycles. The lowest BCUT2D eigenvalue weighted by Crippen LogP contribution is -1.93. The molecule has 1 heterocycles. The molecule has 6 heteroatoms. The number of pyridine rings is 1. The smallest absolute Gasteiger partial charge is 0.272 e. The maximum atomic E-state index is 10.7. The minimum absolute atomic E-state index is 0.0334. The van der Waals surface area contributed by atoms with Crippen molar-refractivity contribution in [3.05, 3.63) is 57.8 Å². The first-order valence-corrected chi connectivity index (χ1v) is 5.39. The van der Waals surface area contributed by atoms with Gasteiger partial charge in [-0.3, -0.25) is 10.1 Å². The van der Waals surface area contributed by atoms with Gasteiger partial charge in [-0.25, -0.2) is 4.98 Å². The second-order valence-corrected chi connectivity index (χ2v) is 3.80. The van der Waals surface area contributed by atoms with E-state index in [9.17, 15) is 10.1 Å². The molecule has 2 rings (SSSR count). The van der Waals surface area contributed by atoms with E-state index in [0.717, 1.165) is 0 Å². The van der Waals surface area contributed by atoms with Crippen LogP contribution in [0, 0.1) is 28.4 Å². The van der Waals surface area contributed by atoms with Crippen molar-refractivity contribution in [3.63, 3.8) is 0 Å². The van der Waals surface area contributed by atoms with Gasteiger partial charge in [-0.05, 0) is 25.1 Å². The van der Waals surface area contributed by atoms with E-state index in [1.807, 2.05) is 6.07 Å². The fourth-order valence-electron chi connectivity index (χ4n) is 1.55. The normalized spacial score (nSPS) is 9.68. The molecule has 0 unspecified atom stereocenters. The van der Waals surface area contributed by atoms with Gasteiger partial charge in [0.05, 0.1) is 16.6 Å². The molecule has 0 radical (unpaired) electrons. The highest BCUT2D eigenvalue weighted by molar-refractivity contribution is 5.45. The summed E-state index contributed by atoms with van der Waals surface area (Å²) in [6.45, 7) is 1.63. The first kappa shape index (κ1) is 12.5. The standard InChI is InChI=1S/C13H9N3O3/c1-9-6-11(2-3-12(9)16(17)18)19-13-7-10(8-14)4-5-15-13/h2-7H,1H3. The number of hydrogen-bond donors (Lipinski definition) is 0. The minimum Gasteiger partial charge on any atom is -0.439 e. The second kappa shape index (κ2) is 5.14. The highest BCUT2D eigenvalue weighted by Crippen LogP contribution is 2.26. The molecular weight excluding hydrogens is 246 g/mol. The van der Waals surface area contributed by atoms with Crippen LogP contribution in [0.25, 0.3) is 0 Å². The van der Waals surface area contributed by atoms with E-state index < -0.39 is 4.92 Å². The van der Waals surface area contributed by atoms with E-state index in [4.69, 9.17) is 10.00 Å². The lowest BCUT2D eigenvalue weighted by Gasteiger charge is -2.05. The molecule has 0 N–H and O–H groups in total. The van der Waals surface area contributed by atoms with Gasteiger partial charge in [0.1, 0.15) is 5.75 Å². The number of benzene rings is 1. The summed E-state index contributed by atoms with van der Waals surface area (Å²) < 4.78 is 5.45. The maximum absolute atomic E-state index is 10.7. The molecule has 1 aromatic heterocycles. The molecule has 0 fully saturated rings. The molecule has 0 spiro atoms.